The Balaban J connectivity index is 1.62. The Morgan fingerprint density at radius 3 is 2.95 bits per heavy atom. The topological polar surface area (TPSA) is 55.6 Å². The molecule has 2 fully saturated rings. The van der Waals surface area contributed by atoms with Crippen molar-refractivity contribution in [2.24, 2.45) is 5.41 Å². The molecule has 0 unspecified atom stereocenters. The summed E-state index contributed by atoms with van der Waals surface area (Å²) in [6, 6.07) is 0. The van der Waals surface area contributed by atoms with E-state index in [0.29, 0.717) is 11.7 Å². The van der Waals surface area contributed by atoms with Gasteiger partial charge in [0.2, 0.25) is 5.76 Å². The van der Waals surface area contributed by atoms with Gasteiger partial charge in [-0.3, -0.25) is 4.79 Å². The van der Waals surface area contributed by atoms with Crippen molar-refractivity contribution >= 4 is 5.91 Å². The van der Waals surface area contributed by atoms with E-state index in [1.165, 1.54) is 6.39 Å². The average molecular weight is 264 g/mol. The Morgan fingerprint density at radius 1 is 1.58 bits per heavy atom. The lowest BCUT2D eigenvalue weighted by atomic mass is 9.79. The first-order valence-corrected chi connectivity index (χ1v) is 6.84. The van der Waals surface area contributed by atoms with E-state index in [1.54, 1.807) is 7.11 Å². The number of rotatable bonds is 5. The van der Waals surface area contributed by atoms with E-state index in [0.717, 1.165) is 44.7 Å². The SMILES string of the molecule is COCCC1(C)CN(C(=O)c2ocnc2C2CC2)C1. The van der Waals surface area contributed by atoms with Gasteiger partial charge in [-0.05, 0) is 19.3 Å². The smallest absolute Gasteiger partial charge is 0.291 e. The molecule has 1 aliphatic heterocycles. The number of hydrogen-bond acceptors (Lipinski definition) is 4. The summed E-state index contributed by atoms with van der Waals surface area (Å²) in [7, 11) is 1.71. The summed E-state index contributed by atoms with van der Waals surface area (Å²) < 4.78 is 10.4. The van der Waals surface area contributed by atoms with Crippen LogP contribution in [0.2, 0.25) is 0 Å². The van der Waals surface area contributed by atoms with Gasteiger partial charge in [0.05, 0.1) is 5.69 Å². The second kappa shape index (κ2) is 4.63. The molecule has 104 valence electrons. The molecule has 1 aliphatic carbocycles. The minimum absolute atomic E-state index is 0.00529. The van der Waals surface area contributed by atoms with E-state index < -0.39 is 0 Å². The minimum atomic E-state index is -0.00529. The number of oxazole rings is 1. The van der Waals surface area contributed by atoms with Crippen LogP contribution in [0.3, 0.4) is 0 Å². The first-order chi connectivity index (χ1) is 9.13. The summed E-state index contributed by atoms with van der Waals surface area (Å²) >= 11 is 0. The number of nitrogens with zero attached hydrogens (tertiary/aromatic N) is 2. The molecule has 1 saturated carbocycles. The normalized spacial score (nSPS) is 21.3. The second-order valence-corrected chi connectivity index (χ2v) is 6.06. The van der Waals surface area contributed by atoms with Gasteiger partial charge in [0.25, 0.3) is 5.91 Å². The van der Waals surface area contributed by atoms with Crippen molar-refractivity contribution in [1.29, 1.82) is 0 Å². The molecule has 5 nitrogen and oxygen atoms in total. The van der Waals surface area contributed by atoms with Crippen LogP contribution in [0.25, 0.3) is 0 Å². The molecular weight excluding hydrogens is 244 g/mol. The molecule has 2 heterocycles. The van der Waals surface area contributed by atoms with Crippen LogP contribution in [-0.4, -0.2) is 42.6 Å². The van der Waals surface area contributed by atoms with Gasteiger partial charge in [-0.25, -0.2) is 4.98 Å². The summed E-state index contributed by atoms with van der Waals surface area (Å²) in [5, 5.41) is 0. The lowest BCUT2D eigenvalue weighted by Gasteiger charge is -2.47. The van der Waals surface area contributed by atoms with Gasteiger partial charge in [0, 0.05) is 38.1 Å². The van der Waals surface area contributed by atoms with Crippen molar-refractivity contribution in [2.45, 2.75) is 32.1 Å². The number of ether oxygens (including phenoxy) is 1. The Bertz CT molecular complexity index is 473. The van der Waals surface area contributed by atoms with E-state index >= 15 is 0 Å². The van der Waals surface area contributed by atoms with E-state index in [4.69, 9.17) is 9.15 Å². The Kier molecular flexibility index (Phi) is 3.09. The maximum absolute atomic E-state index is 12.4. The minimum Gasteiger partial charge on any atom is -0.438 e. The van der Waals surface area contributed by atoms with Crippen LogP contribution in [0.5, 0.6) is 0 Å². The van der Waals surface area contributed by atoms with Crippen molar-refractivity contribution in [3.63, 3.8) is 0 Å². The standard InChI is InChI=1S/C14H20N2O3/c1-14(5-6-18-2)7-16(8-14)13(17)12-11(10-3-4-10)15-9-19-12/h9-10H,3-8H2,1-2H3. The highest BCUT2D eigenvalue weighted by Crippen LogP contribution is 2.42. The van der Waals surface area contributed by atoms with Crippen molar-refractivity contribution in [3.8, 4) is 0 Å². The van der Waals surface area contributed by atoms with Crippen molar-refractivity contribution in [1.82, 2.24) is 9.88 Å². The van der Waals surface area contributed by atoms with E-state index in [1.807, 2.05) is 4.90 Å². The summed E-state index contributed by atoms with van der Waals surface area (Å²) in [5.74, 6) is 0.893. The van der Waals surface area contributed by atoms with Crippen molar-refractivity contribution in [3.05, 3.63) is 17.8 Å². The molecule has 1 saturated heterocycles. The third-order valence-electron chi connectivity index (χ3n) is 4.10. The third-order valence-corrected chi connectivity index (χ3v) is 4.10. The molecular formula is C14H20N2O3. The lowest BCUT2D eigenvalue weighted by molar-refractivity contribution is -0.00300. The predicted octanol–water partition coefficient (Wildman–Crippen LogP) is 2.05. The molecule has 0 spiro atoms. The molecule has 0 radical (unpaired) electrons. The molecule has 19 heavy (non-hydrogen) atoms. The first-order valence-electron chi connectivity index (χ1n) is 6.84. The van der Waals surface area contributed by atoms with Crippen LogP contribution in [0.15, 0.2) is 10.8 Å². The number of carbonyl (C=O) groups excluding carboxylic acids is 1. The van der Waals surface area contributed by atoms with Crippen LogP contribution < -0.4 is 0 Å². The van der Waals surface area contributed by atoms with Crippen LogP contribution >= 0.6 is 0 Å². The molecule has 1 aromatic heterocycles. The van der Waals surface area contributed by atoms with Gasteiger partial charge in [-0.1, -0.05) is 6.92 Å². The van der Waals surface area contributed by atoms with Gasteiger partial charge in [-0.2, -0.15) is 0 Å². The number of amides is 1. The monoisotopic (exact) mass is 264 g/mol. The Labute approximate surface area is 112 Å². The fraction of sp³-hybridized carbons (Fsp3) is 0.714. The zero-order valence-electron chi connectivity index (χ0n) is 11.5. The number of aromatic nitrogens is 1. The molecule has 0 atom stereocenters. The third kappa shape index (κ3) is 2.39. The molecule has 5 heteroatoms. The highest BCUT2D eigenvalue weighted by Gasteiger charge is 2.43. The number of likely N-dealkylation sites (tertiary alicyclic amines) is 1. The van der Waals surface area contributed by atoms with Crippen LogP contribution in [-0.2, 0) is 4.74 Å². The fourth-order valence-corrected chi connectivity index (χ4v) is 2.73. The average Bonchev–Trinajstić information content (AvgIpc) is 3.10. The molecule has 0 aromatic carbocycles. The zero-order chi connectivity index (χ0) is 13.5. The van der Waals surface area contributed by atoms with E-state index in [9.17, 15) is 4.79 Å². The number of carbonyl (C=O) groups is 1. The first kappa shape index (κ1) is 12.7. The molecule has 1 aromatic rings. The molecule has 0 bridgehead atoms. The Morgan fingerprint density at radius 2 is 2.32 bits per heavy atom. The van der Waals surface area contributed by atoms with Gasteiger partial charge in [0.1, 0.15) is 0 Å². The summed E-state index contributed by atoms with van der Waals surface area (Å²) in [6.45, 7) is 4.49. The van der Waals surface area contributed by atoms with Gasteiger partial charge < -0.3 is 14.1 Å². The van der Waals surface area contributed by atoms with Gasteiger partial charge in [0.15, 0.2) is 6.39 Å². The quantitative estimate of drug-likeness (QED) is 0.816. The zero-order valence-corrected chi connectivity index (χ0v) is 11.5. The summed E-state index contributed by atoms with van der Waals surface area (Å²) in [5.41, 5.74) is 1.04. The fourth-order valence-electron chi connectivity index (χ4n) is 2.73. The predicted molar refractivity (Wildman–Crippen MR) is 69.0 cm³/mol. The molecule has 1 amide bonds. The maximum Gasteiger partial charge on any atom is 0.291 e. The van der Waals surface area contributed by atoms with Crippen LogP contribution in [0.1, 0.15) is 48.4 Å². The van der Waals surface area contributed by atoms with Crippen molar-refractivity contribution in [2.75, 3.05) is 26.8 Å². The highest BCUT2D eigenvalue weighted by molar-refractivity contribution is 5.93. The summed E-state index contributed by atoms with van der Waals surface area (Å²) in [4.78, 5) is 18.4. The molecule has 3 rings (SSSR count). The van der Waals surface area contributed by atoms with E-state index in [2.05, 4.69) is 11.9 Å². The molecule has 2 aliphatic rings. The summed E-state index contributed by atoms with van der Waals surface area (Å²) in [6.07, 6.45) is 4.63. The Hall–Kier alpha value is -1.36. The number of hydrogen-bond donors (Lipinski definition) is 0. The van der Waals surface area contributed by atoms with Crippen molar-refractivity contribution < 1.29 is 13.9 Å². The molecule has 0 N–H and O–H groups in total. The highest BCUT2D eigenvalue weighted by atomic mass is 16.5. The van der Waals surface area contributed by atoms with Gasteiger partial charge in [-0.15, -0.1) is 0 Å². The largest absolute Gasteiger partial charge is 0.438 e. The number of methoxy groups -OCH3 is 1. The van der Waals surface area contributed by atoms with Crippen LogP contribution in [0, 0.1) is 5.41 Å². The second-order valence-electron chi connectivity index (χ2n) is 6.06. The van der Waals surface area contributed by atoms with Gasteiger partial charge >= 0.3 is 0 Å². The lowest BCUT2D eigenvalue weighted by Crippen LogP contribution is -2.57. The van der Waals surface area contributed by atoms with E-state index in [-0.39, 0.29) is 11.3 Å². The van der Waals surface area contributed by atoms with Crippen LogP contribution in [0.4, 0.5) is 0 Å². The maximum atomic E-state index is 12.4.